The first-order valence-electron chi connectivity index (χ1n) is 8.83. The van der Waals surface area contributed by atoms with Gasteiger partial charge >= 0.3 is 0 Å². The van der Waals surface area contributed by atoms with E-state index in [4.69, 9.17) is 4.74 Å². The van der Waals surface area contributed by atoms with Crippen LogP contribution in [0.25, 0.3) is 11.0 Å². The molecule has 0 N–H and O–H groups in total. The van der Waals surface area contributed by atoms with Gasteiger partial charge in [0.2, 0.25) is 10.0 Å². The van der Waals surface area contributed by atoms with E-state index < -0.39 is 10.0 Å². The maximum Gasteiger partial charge on any atom is 0.260 e. The number of carbonyl (C=O) groups is 1. The minimum atomic E-state index is -3.73. The molecule has 2 aromatic carbocycles. The number of hydrogen-bond acceptors (Lipinski definition) is 7. The van der Waals surface area contributed by atoms with Gasteiger partial charge < -0.3 is 9.64 Å². The molecule has 0 spiro atoms. The lowest BCUT2D eigenvalue weighted by Gasteiger charge is -2.33. The summed E-state index contributed by atoms with van der Waals surface area (Å²) in [6.07, 6.45) is 0. The summed E-state index contributed by atoms with van der Waals surface area (Å²) < 4.78 is 53.9. The number of piperazine rings is 1. The number of hydrogen-bond donors (Lipinski definition) is 0. The molecule has 1 aliphatic heterocycles. The normalized spacial score (nSPS) is 15.6. The third-order valence-electron chi connectivity index (χ3n) is 4.63. The fourth-order valence-corrected chi connectivity index (χ4v) is 5.25. The van der Waals surface area contributed by atoms with E-state index in [-0.39, 0.29) is 49.4 Å². The average Bonchev–Trinajstić information content (AvgIpc) is 3.22. The Morgan fingerprint density at radius 3 is 2.52 bits per heavy atom. The van der Waals surface area contributed by atoms with Crippen LogP contribution in [-0.4, -0.2) is 65.1 Å². The number of benzene rings is 2. The zero-order chi connectivity index (χ0) is 20.4. The van der Waals surface area contributed by atoms with Gasteiger partial charge in [0.25, 0.3) is 5.91 Å². The SMILES string of the molecule is O=C(COc1ccc(F)cc1)N1CCN(S(=O)(=O)c2cccc3nsnc23)CC1. The first-order chi connectivity index (χ1) is 13.9. The fraction of sp³-hybridized carbons (Fsp3) is 0.278. The zero-order valence-electron chi connectivity index (χ0n) is 15.2. The summed E-state index contributed by atoms with van der Waals surface area (Å²) in [6, 6.07) is 10.3. The van der Waals surface area contributed by atoms with Crippen LogP contribution >= 0.6 is 11.7 Å². The van der Waals surface area contributed by atoms with Crippen LogP contribution in [0.1, 0.15) is 0 Å². The highest BCUT2D eigenvalue weighted by atomic mass is 32.2. The Morgan fingerprint density at radius 2 is 1.79 bits per heavy atom. The van der Waals surface area contributed by atoms with Crippen LogP contribution in [0.3, 0.4) is 0 Å². The van der Waals surface area contributed by atoms with Crippen LogP contribution in [0.2, 0.25) is 0 Å². The number of ether oxygens (including phenoxy) is 1. The van der Waals surface area contributed by atoms with Crippen LogP contribution in [0.4, 0.5) is 4.39 Å². The van der Waals surface area contributed by atoms with E-state index in [9.17, 15) is 17.6 Å². The minimum absolute atomic E-state index is 0.128. The van der Waals surface area contributed by atoms with Gasteiger partial charge in [0.1, 0.15) is 27.5 Å². The van der Waals surface area contributed by atoms with Gasteiger partial charge in [-0.25, -0.2) is 12.8 Å². The van der Waals surface area contributed by atoms with Crippen LogP contribution in [-0.2, 0) is 14.8 Å². The van der Waals surface area contributed by atoms with Crippen LogP contribution in [0, 0.1) is 5.82 Å². The molecule has 0 radical (unpaired) electrons. The summed E-state index contributed by atoms with van der Waals surface area (Å²) in [5.74, 6) is -0.242. The van der Waals surface area contributed by atoms with Gasteiger partial charge in [0, 0.05) is 26.2 Å². The largest absolute Gasteiger partial charge is 0.484 e. The van der Waals surface area contributed by atoms with Gasteiger partial charge in [0.15, 0.2) is 6.61 Å². The maximum absolute atomic E-state index is 13.0. The van der Waals surface area contributed by atoms with Crippen molar-refractivity contribution in [3.05, 3.63) is 48.3 Å². The molecule has 3 aromatic rings. The van der Waals surface area contributed by atoms with Gasteiger partial charge in [-0.05, 0) is 36.4 Å². The summed E-state index contributed by atoms with van der Waals surface area (Å²) in [5.41, 5.74) is 0.909. The number of amides is 1. The molecule has 4 rings (SSSR count). The molecule has 11 heteroatoms. The molecule has 152 valence electrons. The van der Waals surface area contributed by atoms with Gasteiger partial charge in [-0.2, -0.15) is 13.1 Å². The number of rotatable bonds is 5. The van der Waals surface area contributed by atoms with Crippen molar-refractivity contribution in [1.82, 2.24) is 18.0 Å². The molecule has 1 aliphatic rings. The first kappa shape index (κ1) is 19.7. The maximum atomic E-state index is 13.0. The second-order valence-electron chi connectivity index (χ2n) is 6.42. The summed E-state index contributed by atoms with van der Waals surface area (Å²) in [6.45, 7) is 0.686. The van der Waals surface area contributed by atoms with E-state index in [1.54, 1.807) is 17.0 Å². The molecule has 1 saturated heterocycles. The van der Waals surface area contributed by atoms with E-state index in [0.717, 1.165) is 11.7 Å². The third kappa shape index (κ3) is 4.07. The summed E-state index contributed by atoms with van der Waals surface area (Å²) >= 11 is 0.968. The molecule has 0 atom stereocenters. The minimum Gasteiger partial charge on any atom is -0.484 e. The Labute approximate surface area is 170 Å². The predicted molar refractivity (Wildman–Crippen MR) is 105 cm³/mol. The van der Waals surface area contributed by atoms with Gasteiger partial charge in [-0.3, -0.25) is 4.79 Å². The molecule has 1 aromatic heterocycles. The van der Waals surface area contributed by atoms with E-state index in [2.05, 4.69) is 8.75 Å². The van der Waals surface area contributed by atoms with E-state index in [1.807, 2.05) is 0 Å². The molecule has 0 unspecified atom stereocenters. The second kappa shape index (κ2) is 8.01. The zero-order valence-corrected chi connectivity index (χ0v) is 16.8. The Bertz CT molecular complexity index is 1130. The molecule has 1 fully saturated rings. The lowest BCUT2D eigenvalue weighted by Crippen LogP contribution is -2.51. The third-order valence-corrected chi connectivity index (χ3v) is 7.11. The number of halogens is 1. The van der Waals surface area contributed by atoms with E-state index >= 15 is 0 Å². The molecule has 29 heavy (non-hydrogen) atoms. The summed E-state index contributed by atoms with van der Waals surface area (Å²) in [4.78, 5) is 14.0. The highest BCUT2D eigenvalue weighted by Gasteiger charge is 2.32. The van der Waals surface area contributed by atoms with E-state index in [1.165, 1.54) is 34.6 Å². The van der Waals surface area contributed by atoms with Crippen molar-refractivity contribution >= 4 is 38.7 Å². The van der Waals surface area contributed by atoms with Gasteiger partial charge in [-0.1, -0.05) is 6.07 Å². The quantitative estimate of drug-likeness (QED) is 0.605. The number of sulfonamides is 1. The number of aromatic nitrogens is 2. The van der Waals surface area contributed by atoms with Gasteiger partial charge in [0.05, 0.1) is 11.7 Å². The molecular formula is C18H17FN4O4S2. The monoisotopic (exact) mass is 436 g/mol. The Kier molecular flexibility index (Phi) is 5.43. The Balaban J connectivity index is 1.38. The van der Waals surface area contributed by atoms with E-state index in [0.29, 0.717) is 16.8 Å². The Hall–Kier alpha value is -2.63. The van der Waals surface area contributed by atoms with Crippen molar-refractivity contribution in [1.29, 1.82) is 0 Å². The molecule has 0 bridgehead atoms. The Morgan fingerprint density at radius 1 is 1.07 bits per heavy atom. The average molecular weight is 436 g/mol. The van der Waals surface area contributed by atoms with Gasteiger partial charge in [-0.15, -0.1) is 0 Å². The lowest BCUT2D eigenvalue weighted by atomic mass is 10.3. The molecule has 0 saturated carbocycles. The molecule has 2 heterocycles. The molecule has 8 nitrogen and oxygen atoms in total. The molecular weight excluding hydrogens is 419 g/mol. The second-order valence-corrected chi connectivity index (χ2v) is 8.85. The molecule has 1 amide bonds. The van der Waals surface area contributed by atoms with Crippen molar-refractivity contribution in [3.63, 3.8) is 0 Å². The highest BCUT2D eigenvalue weighted by molar-refractivity contribution is 7.89. The van der Waals surface area contributed by atoms with Crippen LogP contribution < -0.4 is 4.74 Å². The predicted octanol–water partition coefficient (Wildman–Crippen LogP) is 1.74. The van der Waals surface area contributed by atoms with Crippen molar-refractivity contribution in [2.75, 3.05) is 32.8 Å². The smallest absolute Gasteiger partial charge is 0.260 e. The highest BCUT2D eigenvalue weighted by Crippen LogP contribution is 2.25. The molecule has 0 aliphatic carbocycles. The van der Waals surface area contributed by atoms with Crippen LogP contribution in [0.15, 0.2) is 47.4 Å². The summed E-state index contributed by atoms with van der Waals surface area (Å²) in [5, 5.41) is 0. The number of carbonyl (C=O) groups excluding carboxylic acids is 1. The fourth-order valence-electron chi connectivity index (χ4n) is 3.07. The standard InChI is InChI=1S/C18H17FN4O4S2/c19-13-4-6-14(7-5-13)27-12-17(24)22-8-10-23(11-9-22)29(25,26)16-3-1-2-15-18(16)21-28-20-15/h1-7H,8-12H2. The topological polar surface area (TPSA) is 92.7 Å². The number of fused-ring (bicyclic) bond motifs is 1. The summed E-state index contributed by atoms with van der Waals surface area (Å²) in [7, 11) is -3.73. The van der Waals surface area contributed by atoms with Crippen molar-refractivity contribution < 1.29 is 22.3 Å². The van der Waals surface area contributed by atoms with Crippen molar-refractivity contribution in [2.24, 2.45) is 0 Å². The van der Waals surface area contributed by atoms with Crippen LogP contribution in [0.5, 0.6) is 5.75 Å². The van der Waals surface area contributed by atoms with Crippen molar-refractivity contribution in [3.8, 4) is 5.75 Å². The lowest BCUT2D eigenvalue weighted by molar-refractivity contribution is -0.134. The number of nitrogens with zero attached hydrogens (tertiary/aromatic N) is 4. The first-order valence-corrected chi connectivity index (χ1v) is 11.0. The van der Waals surface area contributed by atoms with Crippen molar-refractivity contribution in [2.45, 2.75) is 4.90 Å².